The number of H-pyrrole nitrogens is 1. The first-order valence-electron chi connectivity index (χ1n) is 13.8. The standard InChI is InChI=1S/C36H33N5/c1-40(2)29-19-15-27(16-20-29)33-23-31(25-11-7-5-8-12-25)35(37-33)39-36-32(26-13-9-6-10-14-26)24-34(38-36)28-17-21-30(22-18-28)41(3)4/h5-24,37H,1-4H3/p+1. The van der Waals surface area contributed by atoms with Gasteiger partial charge < -0.3 is 14.8 Å². The summed E-state index contributed by atoms with van der Waals surface area (Å²) in [7, 11) is 8.22. The Morgan fingerprint density at radius 2 is 1.12 bits per heavy atom. The maximum absolute atomic E-state index is 5.25. The van der Waals surface area contributed by atoms with Gasteiger partial charge in [0.05, 0.1) is 11.1 Å². The van der Waals surface area contributed by atoms with Gasteiger partial charge in [0, 0.05) is 56.9 Å². The zero-order valence-electron chi connectivity index (χ0n) is 23.9. The first-order valence-corrected chi connectivity index (χ1v) is 13.8. The number of allylic oxidation sites excluding steroid dienone is 1. The summed E-state index contributed by atoms with van der Waals surface area (Å²) < 4.78 is 0. The molecule has 202 valence electrons. The van der Waals surface area contributed by atoms with Crippen molar-refractivity contribution in [2.45, 2.75) is 0 Å². The molecule has 0 saturated heterocycles. The molecule has 4 aromatic carbocycles. The molecule has 5 aromatic rings. The zero-order chi connectivity index (χ0) is 28.3. The first kappa shape index (κ1) is 26.1. The van der Waals surface area contributed by atoms with Gasteiger partial charge in [0.25, 0.3) is 5.82 Å². The second-order valence-electron chi connectivity index (χ2n) is 10.6. The number of aromatic amines is 1. The van der Waals surface area contributed by atoms with Crippen molar-refractivity contribution < 1.29 is 4.99 Å². The van der Waals surface area contributed by atoms with Gasteiger partial charge in [-0.3, -0.25) is 0 Å². The highest BCUT2D eigenvalue weighted by atomic mass is 15.1. The fourth-order valence-electron chi connectivity index (χ4n) is 5.04. The molecule has 6 rings (SSSR count). The van der Waals surface area contributed by atoms with Crippen LogP contribution in [0.5, 0.6) is 0 Å². The molecule has 41 heavy (non-hydrogen) atoms. The number of hydrogen-bond donors (Lipinski definition) is 2. The highest BCUT2D eigenvalue weighted by molar-refractivity contribution is 6.30. The fourth-order valence-corrected chi connectivity index (χ4v) is 5.04. The molecule has 0 aliphatic carbocycles. The summed E-state index contributed by atoms with van der Waals surface area (Å²) in [5.74, 6) is 1.63. The van der Waals surface area contributed by atoms with Crippen molar-refractivity contribution in [3.8, 4) is 22.4 Å². The number of hydrogen-bond acceptors (Lipinski definition) is 3. The van der Waals surface area contributed by atoms with Crippen LogP contribution in [-0.2, 0) is 0 Å². The summed E-state index contributed by atoms with van der Waals surface area (Å²) in [5, 5.41) is 0. The van der Waals surface area contributed by atoms with Gasteiger partial charge >= 0.3 is 5.84 Å². The van der Waals surface area contributed by atoms with Gasteiger partial charge in [0.2, 0.25) is 0 Å². The molecule has 1 aromatic heterocycles. The SMILES string of the molecule is CN(C)c1ccc(C2=[NH+]C(=Nc3[nH]c(-c4ccc(N(C)C)cc4)cc3-c3ccccc3)C(c3ccccc3)=C2)cc1. The maximum Gasteiger partial charge on any atom is 0.331 e. The quantitative estimate of drug-likeness (QED) is 0.261. The Hall–Kier alpha value is -5.16. The van der Waals surface area contributed by atoms with Gasteiger partial charge in [-0.15, -0.1) is 0 Å². The minimum Gasteiger partial charge on any atom is -0.378 e. The Labute approximate surface area is 241 Å². The lowest BCUT2D eigenvalue weighted by molar-refractivity contribution is -0.307. The Morgan fingerprint density at radius 3 is 1.68 bits per heavy atom. The lowest BCUT2D eigenvalue weighted by atomic mass is 10.0. The molecule has 5 heteroatoms. The Kier molecular flexibility index (Phi) is 7.09. The van der Waals surface area contributed by atoms with E-state index in [4.69, 9.17) is 4.99 Å². The molecular formula is C36H34N5+. The van der Waals surface area contributed by atoms with Crippen LogP contribution in [0, 0.1) is 0 Å². The van der Waals surface area contributed by atoms with E-state index in [0.29, 0.717) is 0 Å². The molecular weight excluding hydrogens is 502 g/mol. The summed E-state index contributed by atoms with van der Waals surface area (Å²) in [6, 6.07) is 40.2. The Bertz CT molecular complexity index is 1740. The van der Waals surface area contributed by atoms with Gasteiger partial charge in [-0.2, -0.15) is 0 Å². The maximum atomic E-state index is 5.25. The highest BCUT2D eigenvalue weighted by Gasteiger charge is 2.27. The molecule has 2 N–H and O–H groups in total. The number of benzene rings is 4. The Morgan fingerprint density at radius 1 is 0.585 bits per heavy atom. The number of amidine groups is 1. The predicted molar refractivity (Wildman–Crippen MR) is 173 cm³/mol. The van der Waals surface area contributed by atoms with E-state index in [1.165, 1.54) is 11.4 Å². The predicted octanol–water partition coefficient (Wildman–Crippen LogP) is 6.18. The lowest BCUT2D eigenvalue weighted by Gasteiger charge is -2.12. The second-order valence-corrected chi connectivity index (χ2v) is 10.6. The summed E-state index contributed by atoms with van der Waals surface area (Å²) in [6.45, 7) is 0. The van der Waals surface area contributed by atoms with Crippen LogP contribution in [0.25, 0.3) is 28.0 Å². The summed E-state index contributed by atoms with van der Waals surface area (Å²) in [6.07, 6.45) is 2.20. The van der Waals surface area contributed by atoms with Crippen LogP contribution >= 0.6 is 0 Å². The van der Waals surface area contributed by atoms with E-state index in [1.54, 1.807) is 0 Å². The summed E-state index contributed by atoms with van der Waals surface area (Å²) in [4.78, 5) is 16.7. The number of aromatic nitrogens is 1. The molecule has 0 spiro atoms. The number of aliphatic imine (C=N–C) groups is 1. The zero-order valence-corrected chi connectivity index (χ0v) is 23.9. The largest absolute Gasteiger partial charge is 0.378 e. The molecule has 2 heterocycles. The molecule has 1 aliphatic heterocycles. The number of nitrogens with one attached hydrogen (secondary N) is 2. The van der Waals surface area contributed by atoms with Gasteiger partial charge in [-0.05, 0) is 64.1 Å². The van der Waals surface area contributed by atoms with Crippen molar-refractivity contribution in [3.05, 3.63) is 132 Å². The van der Waals surface area contributed by atoms with Crippen molar-refractivity contribution >= 4 is 34.3 Å². The lowest BCUT2D eigenvalue weighted by Crippen LogP contribution is -2.74. The molecule has 0 unspecified atom stereocenters. The molecule has 0 amide bonds. The monoisotopic (exact) mass is 536 g/mol. The molecule has 0 saturated carbocycles. The van der Waals surface area contributed by atoms with E-state index >= 15 is 0 Å². The average Bonchev–Trinajstić information content (AvgIpc) is 3.63. The number of anilines is 2. The molecule has 0 bridgehead atoms. The van der Waals surface area contributed by atoms with E-state index in [-0.39, 0.29) is 0 Å². The van der Waals surface area contributed by atoms with E-state index in [0.717, 1.165) is 56.4 Å². The molecule has 1 aliphatic rings. The van der Waals surface area contributed by atoms with E-state index in [9.17, 15) is 0 Å². The van der Waals surface area contributed by atoms with Crippen LogP contribution < -0.4 is 14.8 Å². The van der Waals surface area contributed by atoms with Crippen LogP contribution in [0.1, 0.15) is 11.1 Å². The van der Waals surface area contributed by atoms with E-state index in [1.807, 2.05) is 12.1 Å². The van der Waals surface area contributed by atoms with E-state index in [2.05, 4.69) is 157 Å². The summed E-state index contributed by atoms with van der Waals surface area (Å²) in [5.41, 5.74) is 11.0. The Balaban J connectivity index is 1.47. The number of nitrogens with zero attached hydrogens (tertiary/aromatic N) is 3. The third-order valence-corrected chi connectivity index (χ3v) is 7.38. The third kappa shape index (κ3) is 5.48. The van der Waals surface area contributed by atoms with Gasteiger partial charge in [-0.1, -0.05) is 72.8 Å². The van der Waals surface area contributed by atoms with Crippen molar-refractivity contribution in [1.29, 1.82) is 0 Å². The van der Waals surface area contributed by atoms with Gasteiger partial charge in [-0.25, -0.2) is 4.99 Å². The van der Waals surface area contributed by atoms with Crippen LogP contribution in [0.15, 0.2) is 126 Å². The smallest absolute Gasteiger partial charge is 0.331 e. The molecule has 0 fully saturated rings. The van der Waals surface area contributed by atoms with Gasteiger partial charge in [0.1, 0.15) is 5.71 Å². The van der Waals surface area contributed by atoms with Crippen molar-refractivity contribution in [2.24, 2.45) is 4.99 Å². The third-order valence-electron chi connectivity index (χ3n) is 7.38. The minimum atomic E-state index is 0.816. The summed E-state index contributed by atoms with van der Waals surface area (Å²) >= 11 is 0. The first-order chi connectivity index (χ1) is 20.0. The second kappa shape index (κ2) is 11.1. The van der Waals surface area contributed by atoms with Crippen LogP contribution in [0.2, 0.25) is 0 Å². The van der Waals surface area contributed by atoms with E-state index < -0.39 is 0 Å². The van der Waals surface area contributed by atoms with Crippen LogP contribution in [0.3, 0.4) is 0 Å². The fraction of sp³-hybridized carbons (Fsp3) is 0.111. The van der Waals surface area contributed by atoms with Crippen LogP contribution in [-0.4, -0.2) is 44.7 Å². The topological polar surface area (TPSA) is 48.6 Å². The van der Waals surface area contributed by atoms with Crippen molar-refractivity contribution in [2.75, 3.05) is 38.0 Å². The average molecular weight is 537 g/mol. The van der Waals surface area contributed by atoms with Gasteiger partial charge in [0.15, 0.2) is 0 Å². The highest BCUT2D eigenvalue weighted by Crippen LogP contribution is 2.36. The molecule has 0 radical (unpaired) electrons. The molecule has 5 nitrogen and oxygen atoms in total. The normalized spacial score (nSPS) is 13.7. The minimum absolute atomic E-state index is 0.816. The molecule has 0 atom stereocenters. The van der Waals surface area contributed by atoms with Crippen LogP contribution in [0.4, 0.5) is 17.2 Å². The number of rotatable bonds is 7. The van der Waals surface area contributed by atoms with Crippen molar-refractivity contribution in [3.63, 3.8) is 0 Å². The van der Waals surface area contributed by atoms with Crippen molar-refractivity contribution in [1.82, 2.24) is 4.98 Å².